The number of hydrogen-bond donors (Lipinski definition) is 6. The molecule has 0 bridgehead atoms. The summed E-state index contributed by atoms with van der Waals surface area (Å²) in [6, 6.07) is 4.19. The Balaban J connectivity index is 0.000000856. The lowest BCUT2D eigenvalue weighted by molar-refractivity contribution is -0.192. The van der Waals surface area contributed by atoms with Gasteiger partial charge in [-0.2, -0.15) is 13.2 Å². The van der Waals surface area contributed by atoms with E-state index in [1.807, 2.05) is 0 Å². The Morgan fingerprint density at radius 1 is 1.11 bits per heavy atom. The van der Waals surface area contributed by atoms with E-state index >= 15 is 0 Å². The molecule has 1 heterocycles. The van der Waals surface area contributed by atoms with E-state index in [4.69, 9.17) is 26.5 Å². The number of carboxylic acids is 3. The van der Waals surface area contributed by atoms with Crippen LogP contribution in [0.15, 0.2) is 35.3 Å². The average Bonchev–Trinajstić information content (AvgIpc) is 3.27. The van der Waals surface area contributed by atoms with Gasteiger partial charge in [0.2, 0.25) is 11.8 Å². The molecule has 1 aliphatic rings. The molecule has 2 rings (SSSR count). The molecule has 0 aliphatic carbocycles. The summed E-state index contributed by atoms with van der Waals surface area (Å²) in [5.41, 5.74) is 11.8. The van der Waals surface area contributed by atoms with Gasteiger partial charge in [-0.3, -0.25) is 14.4 Å². The number of carbonyl (C=O) groups is 5. The molecule has 0 aromatic heterocycles. The van der Waals surface area contributed by atoms with Crippen LogP contribution in [0.4, 0.5) is 18.9 Å². The minimum Gasteiger partial charge on any atom is -0.481 e. The molecule has 1 fully saturated rings. The predicted octanol–water partition coefficient (Wildman–Crippen LogP) is 0.273. The van der Waals surface area contributed by atoms with Crippen LogP contribution in [-0.4, -0.2) is 80.7 Å². The fraction of sp³-hybridized carbons (Fsp3) is 0.333. The molecule has 8 N–H and O–H groups in total. The SMILES string of the molecule is NC(N)=Nc1ccc(C=CC(=O)N[C@@H](CC(=O)O)C(=O)N2CCC[C@H]2C(=O)O)cc1.O=C(O)C(F)(F)F. The molecule has 2 amide bonds. The number of nitrogens with zero attached hydrogens (tertiary/aromatic N) is 2. The quantitative estimate of drug-likeness (QED) is 0.152. The number of guanidine groups is 1. The Bertz CT molecular complexity index is 1070. The normalized spacial score (nSPS) is 15.8. The van der Waals surface area contributed by atoms with Gasteiger partial charge in [0, 0.05) is 12.6 Å². The van der Waals surface area contributed by atoms with Crippen LogP contribution in [0.2, 0.25) is 0 Å². The molecule has 13 nitrogen and oxygen atoms in total. The molecule has 0 spiro atoms. The molecule has 0 unspecified atom stereocenters. The number of rotatable bonds is 8. The van der Waals surface area contributed by atoms with Crippen LogP contribution < -0.4 is 16.8 Å². The summed E-state index contributed by atoms with van der Waals surface area (Å²) in [5, 5.41) is 27.8. The zero-order chi connectivity index (χ0) is 28.3. The van der Waals surface area contributed by atoms with E-state index in [1.165, 1.54) is 6.08 Å². The van der Waals surface area contributed by atoms with Gasteiger partial charge in [-0.15, -0.1) is 0 Å². The van der Waals surface area contributed by atoms with Gasteiger partial charge < -0.3 is 37.0 Å². The number of aliphatic carboxylic acids is 3. The Morgan fingerprint density at radius 3 is 2.14 bits per heavy atom. The lowest BCUT2D eigenvalue weighted by Crippen LogP contribution is -2.52. The van der Waals surface area contributed by atoms with E-state index in [2.05, 4.69) is 10.3 Å². The Kier molecular flexibility index (Phi) is 11.1. The van der Waals surface area contributed by atoms with Gasteiger partial charge >= 0.3 is 24.1 Å². The van der Waals surface area contributed by atoms with E-state index in [0.29, 0.717) is 17.7 Å². The van der Waals surface area contributed by atoms with Gasteiger partial charge in [0.25, 0.3) is 0 Å². The smallest absolute Gasteiger partial charge is 0.481 e. The fourth-order valence-corrected chi connectivity index (χ4v) is 3.06. The maximum absolute atomic E-state index is 12.7. The van der Waals surface area contributed by atoms with Gasteiger partial charge in [-0.05, 0) is 36.6 Å². The van der Waals surface area contributed by atoms with Crippen molar-refractivity contribution in [2.45, 2.75) is 37.5 Å². The average molecular weight is 531 g/mol. The summed E-state index contributed by atoms with van der Waals surface area (Å²) in [6.07, 6.45) is -2.35. The number of carbonyl (C=O) groups excluding carboxylic acids is 2. The third kappa shape index (κ3) is 10.7. The third-order valence-corrected chi connectivity index (χ3v) is 4.64. The van der Waals surface area contributed by atoms with Crippen molar-refractivity contribution in [2.75, 3.05) is 6.54 Å². The monoisotopic (exact) mass is 531 g/mol. The van der Waals surface area contributed by atoms with Crippen molar-refractivity contribution in [1.82, 2.24) is 10.2 Å². The fourth-order valence-electron chi connectivity index (χ4n) is 3.06. The predicted molar refractivity (Wildman–Crippen MR) is 121 cm³/mol. The van der Waals surface area contributed by atoms with E-state index in [1.54, 1.807) is 24.3 Å². The van der Waals surface area contributed by atoms with Crippen LogP contribution in [0.1, 0.15) is 24.8 Å². The van der Waals surface area contributed by atoms with Crippen molar-refractivity contribution in [1.29, 1.82) is 0 Å². The zero-order valence-electron chi connectivity index (χ0n) is 19.0. The van der Waals surface area contributed by atoms with E-state index in [9.17, 15) is 37.5 Å². The maximum atomic E-state index is 12.7. The van der Waals surface area contributed by atoms with Crippen LogP contribution in [0.5, 0.6) is 0 Å². The number of nitrogens with one attached hydrogen (secondary N) is 1. The zero-order valence-corrected chi connectivity index (χ0v) is 19.0. The molecule has 1 saturated heterocycles. The molecular weight excluding hydrogens is 507 g/mol. The molecule has 1 aromatic carbocycles. The van der Waals surface area contributed by atoms with Gasteiger partial charge in [-0.25, -0.2) is 14.6 Å². The topological polar surface area (TPSA) is 226 Å². The summed E-state index contributed by atoms with van der Waals surface area (Å²) >= 11 is 0. The first-order valence-electron chi connectivity index (χ1n) is 10.3. The molecule has 0 radical (unpaired) electrons. The first-order valence-corrected chi connectivity index (χ1v) is 10.3. The second-order valence-corrected chi connectivity index (χ2v) is 7.45. The Labute approximate surface area is 207 Å². The van der Waals surface area contributed by atoms with E-state index < -0.39 is 54.4 Å². The highest BCUT2D eigenvalue weighted by atomic mass is 19.4. The second-order valence-electron chi connectivity index (χ2n) is 7.45. The summed E-state index contributed by atoms with van der Waals surface area (Å²) in [4.78, 5) is 61.2. The number of benzene rings is 1. The summed E-state index contributed by atoms with van der Waals surface area (Å²) in [7, 11) is 0. The molecule has 16 heteroatoms. The van der Waals surface area contributed by atoms with Gasteiger partial charge in [-0.1, -0.05) is 12.1 Å². The lowest BCUT2D eigenvalue weighted by Gasteiger charge is -2.26. The number of alkyl halides is 3. The molecule has 1 aliphatic heterocycles. The van der Waals surface area contributed by atoms with Crippen molar-refractivity contribution in [3.8, 4) is 0 Å². The lowest BCUT2D eigenvalue weighted by atomic mass is 10.1. The third-order valence-electron chi connectivity index (χ3n) is 4.64. The van der Waals surface area contributed by atoms with Gasteiger partial charge in [0.05, 0.1) is 12.1 Å². The number of carboxylic acid groups (broad SMARTS) is 3. The molecule has 37 heavy (non-hydrogen) atoms. The molecule has 2 atom stereocenters. The van der Waals surface area contributed by atoms with E-state index in [0.717, 1.165) is 11.0 Å². The molecule has 202 valence electrons. The van der Waals surface area contributed by atoms with Crippen molar-refractivity contribution >= 4 is 47.4 Å². The number of aliphatic imine (C=N–C) groups is 1. The minimum atomic E-state index is -5.08. The van der Waals surface area contributed by atoms with Gasteiger partial charge in [0.15, 0.2) is 5.96 Å². The summed E-state index contributed by atoms with van der Waals surface area (Å²) < 4.78 is 31.7. The second kappa shape index (κ2) is 13.5. The maximum Gasteiger partial charge on any atom is 0.490 e. The first kappa shape index (κ1) is 30.4. The van der Waals surface area contributed by atoms with Gasteiger partial charge in [0.1, 0.15) is 12.1 Å². The molecule has 0 saturated carbocycles. The molecular formula is C21H24F3N5O8. The van der Waals surface area contributed by atoms with Crippen molar-refractivity contribution in [3.05, 3.63) is 35.9 Å². The first-order chi connectivity index (χ1) is 17.1. The number of halogens is 3. The van der Waals surface area contributed by atoms with Crippen LogP contribution in [0.25, 0.3) is 6.08 Å². The van der Waals surface area contributed by atoms with Crippen LogP contribution in [-0.2, 0) is 24.0 Å². The number of likely N-dealkylation sites (tertiary alicyclic amines) is 1. The Morgan fingerprint density at radius 2 is 1.68 bits per heavy atom. The van der Waals surface area contributed by atoms with Crippen LogP contribution in [0, 0.1) is 0 Å². The largest absolute Gasteiger partial charge is 0.490 e. The standard InChI is InChI=1S/C19H23N5O6.C2HF3O2/c20-19(21)22-12-6-3-11(4-7-12)5-8-15(25)23-13(10-16(26)27)17(28)24-9-1-2-14(24)18(29)30;3-2(4,5)1(6)7/h3-8,13-14H,1-2,9-10H2,(H,23,25)(H,26,27)(H,29,30)(H4,20,21,22);(H,6,7)/t13-,14-;/m0./s1. The van der Waals surface area contributed by atoms with Crippen molar-refractivity contribution in [3.63, 3.8) is 0 Å². The highest BCUT2D eigenvalue weighted by Crippen LogP contribution is 2.19. The highest BCUT2D eigenvalue weighted by Gasteiger charge is 2.39. The number of nitrogens with two attached hydrogens (primary N) is 2. The highest BCUT2D eigenvalue weighted by molar-refractivity contribution is 5.97. The van der Waals surface area contributed by atoms with E-state index in [-0.39, 0.29) is 18.9 Å². The number of hydrogen-bond acceptors (Lipinski definition) is 6. The molecule has 1 aromatic rings. The van der Waals surface area contributed by atoms with Crippen LogP contribution >= 0.6 is 0 Å². The summed E-state index contributed by atoms with van der Waals surface area (Å²) in [5.74, 6) is -6.72. The van der Waals surface area contributed by atoms with Crippen LogP contribution in [0.3, 0.4) is 0 Å². The number of amides is 2. The van der Waals surface area contributed by atoms with Crippen molar-refractivity contribution in [2.24, 2.45) is 16.5 Å². The Hall–Kier alpha value is -4.63. The summed E-state index contributed by atoms with van der Waals surface area (Å²) in [6.45, 7) is 0.194. The van der Waals surface area contributed by atoms with Crippen molar-refractivity contribution < 1.29 is 52.5 Å². The minimum absolute atomic E-state index is 0.0880.